The predicted octanol–water partition coefficient (Wildman–Crippen LogP) is 5.50. The average molecular weight is 451 g/mol. The number of benzene rings is 3. The van der Waals surface area contributed by atoms with Crippen molar-refractivity contribution < 1.29 is 28.5 Å². The first kappa shape index (κ1) is 21.5. The fourth-order valence-electron chi connectivity index (χ4n) is 3.35. The van der Waals surface area contributed by atoms with E-state index in [0.29, 0.717) is 50.3 Å². The van der Waals surface area contributed by atoms with Crippen LogP contribution in [-0.4, -0.2) is 26.0 Å². The van der Waals surface area contributed by atoms with E-state index in [1.165, 1.54) is 13.2 Å². The number of methoxy groups -OCH3 is 2. The lowest BCUT2D eigenvalue weighted by Crippen LogP contribution is -2.09. The summed E-state index contributed by atoms with van der Waals surface area (Å²) >= 11 is 5.95. The Balaban J connectivity index is 1.61. The molecule has 0 fully saturated rings. The van der Waals surface area contributed by atoms with Crippen LogP contribution < -0.4 is 18.9 Å². The molecule has 7 heteroatoms. The summed E-state index contributed by atoms with van der Waals surface area (Å²) < 4.78 is 21.9. The number of ether oxygens (including phenoxy) is 4. The smallest absolute Gasteiger partial charge is 0.343 e. The molecule has 3 aromatic rings. The van der Waals surface area contributed by atoms with Crippen LogP contribution in [0.4, 0.5) is 0 Å². The number of rotatable bonds is 5. The highest BCUT2D eigenvalue weighted by molar-refractivity contribution is 6.30. The summed E-state index contributed by atoms with van der Waals surface area (Å²) in [7, 11) is 3.09. The summed E-state index contributed by atoms with van der Waals surface area (Å²) in [5, 5.41) is 0.434. The molecule has 0 bridgehead atoms. The molecule has 0 spiro atoms. The van der Waals surface area contributed by atoms with E-state index in [-0.39, 0.29) is 11.5 Å². The highest BCUT2D eigenvalue weighted by Gasteiger charge is 2.30. The molecule has 32 heavy (non-hydrogen) atoms. The van der Waals surface area contributed by atoms with Crippen LogP contribution in [0.15, 0.2) is 60.4 Å². The molecule has 0 saturated carbocycles. The molecule has 0 atom stereocenters. The maximum atomic E-state index is 12.9. The summed E-state index contributed by atoms with van der Waals surface area (Å²) in [5.41, 5.74) is 1.98. The molecule has 1 aliphatic heterocycles. The van der Waals surface area contributed by atoms with E-state index in [0.717, 1.165) is 0 Å². The third kappa shape index (κ3) is 4.05. The van der Waals surface area contributed by atoms with Gasteiger partial charge in [0, 0.05) is 10.6 Å². The monoisotopic (exact) mass is 450 g/mol. The molecule has 3 aromatic carbocycles. The van der Waals surface area contributed by atoms with Crippen molar-refractivity contribution in [2.24, 2.45) is 0 Å². The van der Waals surface area contributed by atoms with E-state index in [4.69, 9.17) is 30.5 Å². The summed E-state index contributed by atoms with van der Waals surface area (Å²) in [6.45, 7) is 1.73. The molecular formula is C25H19ClO6. The Morgan fingerprint density at radius 2 is 1.72 bits per heavy atom. The Hall–Kier alpha value is -3.77. The molecule has 162 valence electrons. The fraction of sp³-hybridized carbons (Fsp3) is 0.120. The number of ketones is 1. The van der Waals surface area contributed by atoms with Crippen LogP contribution in [0, 0.1) is 6.92 Å². The van der Waals surface area contributed by atoms with Gasteiger partial charge in [-0.15, -0.1) is 0 Å². The zero-order valence-electron chi connectivity index (χ0n) is 17.6. The molecule has 1 heterocycles. The van der Waals surface area contributed by atoms with Gasteiger partial charge in [0.25, 0.3) is 0 Å². The molecule has 0 radical (unpaired) electrons. The number of allylic oxidation sites excluding steroid dienone is 1. The van der Waals surface area contributed by atoms with Gasteiger partial charge in [-0.2, -0.15) is 0 Å². The molecule has 0 aromatic heterocycles. The summed E-state index contributed by atoms with van der Waals surface area (Å²) in [6, 6.07) is 14.9. The summed E-state index contributed by atoms with van der Waals surface area (Å²) in [4.78, 5) is 25.3. The van der Waals surface area contributed by atoms with E-state index in [2.05, 4.69) is 0 Å². The van der Waals surface area contributed by atoms with Gasteiger partial charge < -0.3 is 18.9 Å². The fourth-order valence-corrected chi connectivity index (χ4v) is 3.54. The molecule has 6 nitrogen and oxygen atoms in total. The van der Waals surface area contributed by atoms with Crippen molar-refractivity contribution in [2.75, 3.05) is 14.2 Å². The van der Waals surface area contributed by atoms with Crippen molar-refractivity contribution in [2.45, 2.75) is 6.92 Å². The third-order valence-corrected chi connectivity index (χ3v) is 5.24. The van der Waals surface area contributed by atoms with Crippen molar-refractivity contribution >= 4 is 29.4 Å². The number of Topliss-reactive ketones (excluding diaryl/α,β-unsaturated/α-hetero) is 1. The SMILES string of the molecule is COc1ccc(/C=C2\Oc3c(ccc(OC(=O)c4cccc(Cl)c4)c3C)C2=O)cc1OC. The topological polar surface area (TPSA) is 71.1 Å². The quantitative estimate of drug-likeness (QED) is 0.290. The van der Waals surface area contributed by atoms with Gasteiger partial charge in [-0.05, 0) is 61.0 Å². The van der Waals surface area contributed by atoms with E-state index < -0.39 is 5.97 Å². The zero-order valence-corrected chi connectivity index (χ0v) is 18.4. The highest BCUT2D eigenvalue weighted by atomic mass is 35.5. The Kier molecular flexibility index (Phi) is 5.88. The van der Waals surface area contributed by atoms with Gasteiger partial charge in [-0.25, -0.2) is 4.79 Å². The minimum Gasteiger partial charge on any atom is -0.493 e. The Bertz CT molecular complexity index is 1260. The first-order chi connectivity index (χ1) is 15.4. The lowest BCUT2D eigenvalue weighted by atomic mass is 10.1. The number of halogens is 1. The summed E-state index contributed by atoms with van der Waals surface area (Å²) in [6.07, 6.45) is 1.63. The van der Waals surface area contributed by atoms with Crippen molar-refractivity contribution in [3.63, 3.8) is 0 Å². The molecular weight excluding hydrogens is 432 g/mol. The van der Waals surface area contributed by atoms with Crippen LogP contribution in [0.1, 0.15) is 31.8 Å². The minimum atomic E-state index is -0.555. The predicted molar refractivity (Wildman–Crippen MR) is 120 cm³/mol. The molecule has 4 rings (SSSR count). The van der Waals surface area contributed by atoms with Crippen LogP contribution in [-0.2, 0) is 0 Å². The van der Waals surface area contributed by atoms with Crippen molar-refractivity contribution in [1.29, 1.82) is 0 Å². The van der Waals surface area contributed by atoms with E-state index in [1.54, 1.807) is 68.6 Å². The van der Waals surface area contributed by atoms with Crippen LogP contribution >= 0.6 is 11.6 Å². The number of carbonyl (C=O) groups excluding carboxylic acids is 2. The van der Waals surface area contributed by atoms with Gasteiger partial charge in [-0.3, -0.25) is 4.79 Å². The number of carbonyl (C=O) groups is 2. The second kappa shape index (κ2) is 8.77. The molecule has 0 amide bonds. The molecule has 0 saturated heterocycles. The first-order valence-corrected chi connectivity index (χ1v) is 10.1. The van der Waals surface area contributed by atoms with Crippen LogP contribution in [0.2, 0.25) is 5.02 Å². The van der Waals surface area contributed by atoms with Crippen molar-refractivity contribution in [3.05, 3.63) is 87.6 Å². The van der Waals surface area contributed by atoms with Gasteiger partial charge >= 0.3 is 5.97 Å². The second-order valence-electron chi connectivity index (χ2n) is 7.02. The second-order valence-corrected chi connectivity index (χ2v) is 7.46. The van der Waals surface area contributed by atoms with E-state index in [9.17, 15) is 9.59 Å². The Morgan fingerprint density at radius 1 is 0.969 bits per heavy atom. The van der Waals surface area contributed by atoms with Crippen LogP contribution in [0.3, 0.4) is 0 Å². The van der Waals surface area contributed by atoms with Crippen LogP contribution in [0.25, 0.3) is 6.08 Å². The third-order valence-electron chi connectivity index (χ3n) is 5.00. The highest BCUT2D eigenvalue weighted by Crippen LogP contribution is 2.40. The van der Waals surface area contributed by atoms with Crippen LogP contribution in [0.5, 0.6) is 23.0 Å². The number of fused-ring (bicyclic) bond motifs is 1. The largest absolute Gasteiger partial charge is 0.493 e. The Morgan fingerprint density at radius 3 is 2.44 bits per heavy atom. The number of hydrogen-bond donors (Lipinski definition) is 0. The van der Waals surface area contributed by atoms with Crippen molar-refractivity contribution in [1.82, 2.24) is 0 Å². The zero-order chi connectivity index (χ0) is 22.8. The van der Waals surface area contributed by atoms with Crippen molar-refractivity contribution in [3.8, 4) is 23.0 Å². The molecule has 0 N–H and O–H groups in total. The lowest BCUT2D eigenvalue weighted by molar-refractivity contribution is 0.0733. The van der Waals surface area contributed by atoms with E-state index >= 15 is 0 Å². The minimum absolute atomic E-state index is 0.161. The van der Waals surface area contributed by atoms with Gasteiger partial charge in [0.05, 0.1) is 25.3 Å². The average Bonchev–Trinajstić information content (AvgIpc) is 3.11. The number of esters is 1. The lowest BCUT2D eigenvalue weighted by Gasteiger charge is -2.10. The normalized spacial score (nSPS) is 13.5. The van der Waals surface area contributed by atoms with E-state index in [1.807, 2.05) is 0 Å². The Labute approximate surface area is 189 Å². The molecule has 1 aliphatic rings. The van der Waals surface area contributed by atoms with Gasteiger partial charge in [-0.1, -0.05) is 23.7 Å². The maximum absolute atomic E-state index is 12.9. The first-order valence-electron chi connectivity index (χ1n) is 9.69. The van der Waals surface area contributed by atoms with Gasteiger partial charge in [0.2, 0.25) is 5.78 Å². The maximum Gasteiger partial charge on any atom is 0.343 e. The number of hydrogen-bond acceptors (Lipinski definition) is 6. The standard InChI is InChI=1S/C25H19ClO6/c1-14-19(32-25(28)16-5-4-6-17(26)13-16)10-8-18-23(27)22(31-24(14)18)12-15-7-9-20(29-2)21(11-15)30-3/h4-13H,1-3H3/b22-12-. The van der Waals surface area contributed by atoms with Gasteiger partial charge in [0.15, 0.2) is 17.3 Å². The summed E-state index contributed by atoms with van der Waals surface area (Å²) in [5.74, 6) is 1.13. The molecule has 0 unspecified atom stereocenters. The molecule has 0 aliphatic carbocycles. The van der Waals surface area contributed by atoms with Gasteiger partial charge in [0.1, 0.15) is 11.5 Å².